The average Bonchev–Trinajstić information content (AvgIpc) is 2.00. The van der Waals surface area contributed by atoms with Crippen molar-refractivity contribution in [1.29, 1.82) is 0 Å². The Morgan fingerprint density at radius 3 is 1.73 bits per heavy atom. The van der Waals surface area contributed by atoms with Crippen LogP contribution in [0.3, 0.4) is 0 Å². The van der Waals surface area contributed by atoms with Crippen molar-refractivity contribution in [2.45, 2.75) is 6.92 Å². The molecular weight excluding hydrogens is 243 g/mol. The van der Waals surface area contributed by atoms with E-state index in [9.17, 15) is 0 Å². The summed E-state index contributed by atoms with van der Waals surface area (Å²) in [6.45, 7) is 1.64. The Morgan fingerprint density at radius 1 is 0.867 bits per heavy atom. The Bertz CT molecular complexity index is 273. The standard InChI is InChI=1S/C5H12N8.2ClH/c1-3(11-13-5(8)9)2-10-12-4(6)7;;/h2H,1H3,(H4,6,7,12)(H4,8,9,13);2*1H/b10-2-,11-3-;;. The summed E-state index contributed by atoms with van der Waals surface area (Å²) < 4.78 is 0. The van der Waals surface area contributed by atoms with Gasteiger partial charge < -0.3 is 22.9 Å². The maximum absolute atomic E-state index is 5.03. The van der Waals surface area contributed by atoms with Gasteiger partial charge >= 0.3 is 0 Å². The fourth-order valence-corrected chi connectivity index (χ4v) is 0.342. The van der Waals surface area contributed by atoms with E-state index in [0.717, 1.165) is 0 Å². The van der Waals surface area contributed by atoms with Gasteiger partial charge in [-0.2, -0.15) is 10.2 Å². The third kappa shape index (κ3) is 15.2. The second-order valence-corrected chi connectivity index (χ2v) is 2.04. The van der Waals surface area contributed by atoms with Gasteiger partial charge in [0, 0.05) is 0 Å². The molecule has 0 aliphatic carbocycles. The Balaban J connectivity index is -0.000000720. The highest BCUT2D eigenvalue weighted by molar-refractivity contribution is 6.29. The third-order valence-electron chi connectivity index (χ3n) is 0.741. The minimum atomic E-state index is -0.133. The molecule has 0 aliphatic rings. The normalized spacial score (nSPS) is 9.80. The number of rotatable bonds is 3. The molecule has 15 heavy (non-hydrogen) atoms. The van der Waals surface area contributed by atoms with E-state index in [1.807, 2.05) is 0 Å². The van der Waals surface area contributed by atoms with Gasteiger partial charge in [0.25, 0.3) is 0 Å². The Labute approximate surface area is 99.4 Å². The molecule has 0 aliphatic heterocycles. The first-order chi connectivity index (χ1) is 6.02. The molecule has 10 heteroatoms. The van der Waals surface area contributed by atoms with Crippen molar-refractivity contribution in [3.05, 3.63) is 0 Å². The van der Waals surface area contributed by atoms with Crippen LogP contribution >= 0.6 is 24.8 Å². The Morgan fingerprint density at radius 2 is 1.33 bits per heavy atom. The van der Waals surface area contributed by atoms with Crippen LogP contribution in [0.2, 0.25) is 0 Å². The summed E-state index contributed by atoms with van der Waals surface area (Å²) in [4.78, 5) is 0. The molecule has 0 fully saturated rings. The summed E-state index contributed by atoms with van der Waals surface area (Å²) in [6, 6.07) is 0. The summed E-state index contributed by atoms with van der Waals surface area (Å²) in [6.07, 6.45) is 1.31. The van der Waals surface area contributed by atoms with Crippen molar-refractivity contribution < 1.29 is 0 Å². The Kier molecular flexibility index (Phi) is 13.4. The molecule has 0 aromatic rings. The number of hydrogen-bond donors (Lipinski definition) is 4. The van der Waals surface area contributed by atoms with Gasteiger partial charge in [-0.1, -0.05) is 0 Å². The van der Waals surface area contributed by atoms with Crippen LogP contribution in [0.5, 0.6) is 0 Å². The van der Waals surface area contributed by atoms with E-state index in [-0.39, 0.29) is 36.7 Å². The highest BCUT2D eigenvalue weighted by Gasteiger charge is 1.83. The summed E-state index contributed by atoms with van der Waals surface area (Å²) >= 11 is 0. The molecule has 0 unspecified atom stereocenters. The summed E-state index contributed by atoms with van der Waals surface area (Å²) in [5.74, 6) is -0.263. The third-order valence-corrected chi connectivity index (χ3v) is 0.741. The largest absolute Gasteiger partial charge is 0.369 e. The molecular formula is C5H14Cl2N8. The van der Waals surface area contributed by atoms with E-state index >= 15 is 0 Å². The van der Waals surface area contributed by atoms with Crippen LogP contribution in [0.25, 0.3) is 0 Å². The SMILES string of the molecule is CC(/C=N\N=C(N)N)=N/N=C(N)N.Cl.Cl. The van der Waals surface area contributed by atoms with E-state index in [2.05, 4.69) is 20.4 Å². The van der Waals surface area contributed by atoms with Crippen molar-refractivity contribution in [3.63, 3.8) is 0 Å². The Hall–Kier alpha value is -1.54. The minimum absolute atomic E-state index is 0. The summed E-state index contributed by atoms with van der Waals surface area (Å²) in [5, 5.41) is 13.8. The summed E-state index contributed by atoms with van der Waals surface area (Å²) in [5.41, 5.74) is 20.5. The van der Waals surface area contributed by atoms with E-state index < -0.39 is 0 Å². The van der Waals surface area contributed by atoms with Crippen LogP contribution in [-0.4, -0.2) is 23.8 Å². The first kappa shape index (κ1) is 19.1. The highest BCUT2D eigenvalue weighted by atomic mass is 35.5. The van der Waals surface area contributed by atoms with Crippen molar-refractivity contribution in [2.75, 3.05) is 0 Å². The monoisotopic (exact) mass is 256 g/mol. The van der Waals surface area contributed by atoms with Gasteiger partial charge in [0.05, 0.1) is 11.9 Å². The summed E-state index contributed by atoms with van der Waals surface area (Å²) in [7, 11) is 0. The molecule has 8 N–H and O–H groups in total. The van der Waals surface area contributed by atoms with E-state index in [1.165, 1.54) is 6.21 Å². The number of guanidine groups is 2. The number of halogens is 2. The number of hydrogen-bond acceptors (Lipinski definition) is 4. The minimum Gasteiger partial charge on any atom is -0.369 e. The van der Waals surface area contributed by atoms with Crippen LogP contribution in [0, 0.1) is 0 Å². The predicted molar refractivity (Wildman–Crippen MR) is 67.7 cm³/mol. The molecule has 8 nitrogen and oxygen atoms in total. The zero-order valence-corrected chi connectivity index (χ0v) is 9.63. The molecule has 88 valence electrons. The molecule has 0 aromatic carbocycles. The second kappa shape index (κ2) is 10.5. The van der Waals surface area contributed by atoms with Gasteiger partial charge in [-0.05, 0) is 6.92 Å². The van der Waals surface area contributed by atoms with Gasteiger partial charge in [-0.25, -0.2) is 0 Å². The first-order valence-corrected chi connectivity index (χ1v) is 3.27. The average molecular weight is 257 g/mol. The van der Waals surface area contributed by atoms with Crippen molar-refractivity contribution in [1.82, 2.24) is 0 Å². The quantitative estimate of drug-likeness (QED) is 0.283. The lowest BCUT2D eigenvalue weighted by Gasteiger charge is -1.86. The van der Waals surface area contributed by atoms with Crippen molar-refractivity contribution in [3.8, 4) is 0 Å². The second-order valence-electron chi connectivity index (χ2n) is 2.04. The highest BCUT2D eigenvalue weighted by Crippen LogP contribution is 1.76. The van der Waals surface area contributed by atoms with Crippen LogP contribution in [0.1, 0.15) is 6.92 Å². The number of nitrogens with two attached hydrogens (primary N) is 4. The zero-order chi connectivity index (χ0) is 10.3. The molecule has 0 atom stereocenters. The predicted octanol–water partition coefficient (Wildman–Crippen LogP) is -1.26. The first-order valence-electron chi connectivity index (χ1n) is 3.27. The molecule has 0 amide bonds. The van der Waals surface area contributed by atoms with Crippen LogP contribution in [0.15, 0.2) is 20.4 Å². The van der Waals surface area contributed by atoms with E-state index in [4.69, 9.17) is 22.9 Å². The smallest absolute Gasteiger partial charge is 0.211 e. The van der Waals surface area contributed by atoms with E-state index in [0.29, 0.717) is 5.71 Å². The van der Waals surface area contributed by atoms with Gasteiger partial charge in [0.2, 0.25) is 11.9 Å². The lowest BCUT2D eigenvalue weighted by Crippen LogP contribution is -2.22. The number of nitrogens with zero attached hydrogens (tertiary/aromatic N) is 4. The maximum atomic E-state index is 5.03. The van der Waals surface area contributed by atoms with Gasteiger partial charge in [0.15, 0.2) is 0 Å². The van der Waals surface area contributed by atoms with E-state index in [1.54, 1.807) is 6.92 Å². The van der Waals surface area contributed by atoms with Crippen molar-refractivity contribution >= 4 is 48.7 Å². The lowest BCUT2D eigenvalue weighted by atomic mass is 10.5. The molecule has 0 saturated heterocycles. The van der Waals surface area contributed by atoms with Gasteiger partial charge in [-0.3, -0.25) is 0 Å². The molecule has 0 radical (unpaired) electrons. The maximum Gasteiger partial charge on any atom is 0.211 e. The molecule has 0 spiro atoms. The van der Waals surface area contributed by atoms with Crippen LogP contribution in [-0.2, 0) is 0 Å². The zero-order valence-electron chi connectivity index (χ0n) is 7.99. The van der Waals surface area contributed by atoms with Gasteiger partial charge in [-0.15, -0.1) is 35.0 Å². The topological polar surface area (TPSA) is 154 Å². The van der Waals surface area contributed by atoms with Crippen molar-refractivity contribution in [2.24, 2.45) is 43.3 Å². The van der Waals surface area contributed by atoms with Crippen LogP contribution in [0.4, 0.5) is 0 Å². The molecule has 0 aromatic heterocycles. The molecule has 0 rings (SSSR count). The molecule has 0 heterocycles. The fourth-order valence-electron chi connectivity index (χ4n) is 0.342. The lowest BCUT2D eigenvalue weighted by molar-refractivity contribution is 1.19. The van der Waals surface area contributed by atoms with Gasteiger partial charge in [0.1, 0.15) is 0 Å². The molecule has 0 bridgehead atoms. The fraction of sp³-hybridized carbons (Fsp3) is 0.200. The van der Waals surface area contributed by atoms with Crippen LogP contribution < -0.4 is 22.9 Å². The molecule has 0 saturated carbocycles.